The maximum absolute atomic E-state index is 4.62. The fourth-order valence-electron chi connectivity index (χ4n) is 1.98. The molecule has 0 unspecified atom stereocenters. The zero-order valence-electron chi connectivity index (χ0n) is 7.85. The van der Waals surface area contributed by atoms with Crippen molar-refractivity contribution in [3.8, 4) is 0 Å². The number of hydrogen-bond donors (Lipinski definition) is 0. The van der Waals surface area contributed by atoms with Crippen LogP contribution in [-0.2, 0) is 19.3 Å². The van der Waals surface area contributed by atoms with Crippen molar-refractivity contribution in [1.29, 1.82) is 0 Å². The summed E-state index contributed by atoms with van der Waals surface area (Å²) >= 11 is 0. The molecule has 64 valence electrons. The van der Waals surface area contributed by atoms with Crippen LogP contribution in [-0.4, -0.2) is 4.98 Å². The molecule has 0 saturated carbocycles. The van der Waals surface area contributed by atoms with Crippen LogP contribution in [0.2, 0.25) is 0 Å². The van der Waals surface area contributed by atoms with Crippen molar-refractivity contribution in [1.82, 2.24) is 4.98 Å². The molecule has 1 aliphatic rings. The van der Waals surface area contributed by atoms with Gasteiger partial charge in [0.1, 0.15) is 0 Å². The molecular formula is C11H15N. The molecule has 0 radical (unpaired) electrons. The number of nitrogens with zero attached hydrogens (tertiary/aromatic N) is 1. The third kappa shape index (κ3) is 1.13. The molecule has 0 aromatic carbocycles. The Morgan fingerprint density at radius 1 is 1.42 bits per heavy atom. The Morgan fingerprint density at radius 3 is 3.00 bits per heavy atom. The highest BCUT2D eigenvalue weighted by atomic mass is 14.7. The van der Waals surface area contributed by atoms with Crippen LogP contribution in [0.25, 0.3) is 0 Å². The summed E-state index contributed by atoms with van der Waals surface area (Å²) < 4.78 is 0. The molecule has 0 N–H and O–H groups in total. The van der Waals surface area contributed by atoms with E-state index in [-0.39, 0.29) is 0 Å². The van der Waals surface area contributed by atoms with Crippen molar-refractivity contribution in [2.75, 3.05) is 0 Å². The van der Waals surface area contributed by atoms with E-state index in [2.05, 4.69) is 24.9 Å². The van der Waals surface area contributed by atoms with Crippen molar-refractivity contribution in [2.45, 2.75) is 39.5 Å². The molecule has 0 fully saturated rings. The van der Waals surface area contributed by atoms with E-state index in [0.717, 1.165) is 6.42 Å². The van der Waals surface area contributed by atoms with Crippen LogP contribution in [0.15, 0.2) is 6.07 Å². The Labute approximate surface area is 73.8 Å². The maximum atomic E-state index is 4.62. The van der Waals surface area contributed by atoms with Crippen LogP contribution in [0.1, 0.15) is 35.9 Å². The molecule has 0 atom stereocenters. The molecule has 1 aliphatic carbocycles. The number of aryl methyl sites for hydroxylation is 4. The largest absolute Gasteiger partial charge is 0.258 e. The number of rotatable bonds is 1. The highest BCUT2D eigenvalue weighted by molar-refractivity contribution is 5.32. The first-order valence-corrected chi connectivity index (χ1v) is 4.79. The minimum atomic E-state index is 1.12. The predicted octanol–water partition coefficient (Wildman–Crippen LogP) is 2.44. The van der Waals surface area contributed by atoms with Gasteiger partial charge in [0.05, 0.1) is 0 Å². The highest BCUT2D eigenvalue weighted by Crippen LogP contribution is 2.22. The average molecular weight is 161 g/mol. The Hall–Kier alpha value is -0.850. The van der Waals surface area contributed by atoms with Gasteiger partial charge in [-0.05, 0) is 43.7 Å². The minimum Gasteiger partial charge on any atom is -0.258 e. The van der Waals surface area contributed by atoms with Gasteiger partial charge in [-0.15, -0.1) is 0 Å². The van der Waals surface area contributed by atoms with Crippen LogP contribution in [0.5, 0.6) is 0 Å². The van der Waals surface area contributed by atoms with Gasteiger partial charge >= 0.3 is 0 Å². The summed E-state index contributed by atoms with van der Waals surface area (Å²) in [6, 6.07) is 2.35. The number of aromatic nitrogens is 1. The van der Waals surface area contributed by atoms with E-state index in [4.69, 9.17) is 0 Å². The lowest BCUT2D eigenvalue weighted by Crippen LogP contribution is -1.96. The second-order valence-electron chi connectivity index (χ2n) is 3.55. The van der Waals surface area contributed by atoms with E-state index >= 15 is 0 Å². The van der Waals surface area contributed by atoms with Gasteiger partial charge < -0.3 is 0 Å². The smallest absolute Gasteiger partial charge is 0.0439 e. The second-order valence-corrected chi connectivity index (χ2v) is 3.55. The molecular weight excluding hydrogens is 146 g/mol. The lowest BCUT2D eigenvalue weighted by Gasteiger charge is -2.05. The average Bonchev–Trinajstić information content (AvgIpc) is 2.49. The predicted molar refractivity (Wildman–Crippen MR) is 50.4 cm³/mol. The quantitative estimate of drug-likeness (QED) is 0.616. The third-order valence-electron chi connectivity index (χ3n) is 2.73. The van der Waals surface area contributed by atoms with Gasteiger partial charge in [0.2, 0.25) is 0 Å². The van der Waals surface area contributed by atoms with E-state index in [0.29, 0.717) is 0 Å². The first-order chi connectivity index (χ1) is 5.81. The molecule has 1 aromatic rings. The van der Waals surface area contributed by atoms with Gasteiger partial charge in [-0.25, -0.2) is 0 Å². The molecule has 12 heavy (non-hydrogen) atoms. The van der Waals surface area contributed by atoms with Crippen molar-refractivity contribution in [2.24, 2.45) is 0 Å². The molecule has 2 rings (SSSR count). The number of hydrogen-bond acceptors (Lipinski definition) is 1. The van der Waals surface area contributed by atoms with Crippen LogP contribution in [0.3, 0.4) is 0 Å². The Kier molecular flexibility index (Phi) is 1.87. The van der Waals surface area contributed by atoms with Gasteiger partial charge in [0.15, 0.2) is 0 Å². The minimum absolute atomic E-state index is 1.12. The van der Waals surface area contributed by atoms with Gasteiger partial charge in [0.25, 0.3) is 0 Å². The van der Waals surface area contributed by atoms with Crippen LogP contribution in [0, 0.1) is 6.92 Å². The van der Waals surface area contributed by atoms with Gasteiger partial charge in [-0.2, -0.15) is 0 Å². The Balaban J connectivity index is 2.49. The molecule has 1 aromatic heterocycles. The van der Waals surface area contributed by atoms with Crippen molar-refractivity contribution in [3.63, 3.8) is 0 Å². The topological polar surface area (TPSA) is 12.9 Å². The fourth-order valence-corrected chi connectivity index (χ4v) is 1.98. The molecule has 0 aliphatic heterocycles. The van der Waals surface area contributed by atoms with Gasteiger partial charge in [-0.1, -0.05) is 13.0 Å². The van der Waals surface area contributed by atoms with Crippen molar-refractivity contribution < 1.29 is 0 Å². The third-order valence-corrected chi connectivity index (χ3v) is 2.73. The van der Waals surface area contributed by atoms with E-state index in [1.54, 1.807) is 0 Å². The summed E-state index contributed by atoms with van der Waals surface area (Å²) in [6.07, 6.45) is 4.86. The number of pyridine rings is 1. The maximum Gasteiger partial charge on any atom is 0.0439 e. The van der Waals surface area contributed by atoms with Crippen LogP contribution in [0.4, 0.5) is 0 Å². The zero-order chi connectivity index (χ0) is 8.55. The van der Waals surface area contributed by atoms with Crippen LogP contribution < -0.4 is 0 Å². The standard InChI is InChI=1S/C11H15N/c1-3-9-7-10-5-4-6-11(10)12-8(9)2/h7H,3-6H2,1-2H3. The van der Waals surface area contributed by atoms with Gasteiger partial charge in [-0.3, -0.25) is 4.98 Å². The highest BCUT2D eigenvalue weighted by Gasteiger charge is 2.13. The first kappa shape index (κ1) is 7.78. The lowest BCUT2D eigenvalue weighted by molar-refractivity contribution is 0.896. The molecule has 1 nitrogen and oxygen atoms in total. The summed E-state index contributed by atoms with van der Waals surface area (Å²) in [6.45, 7) is 4.32. The molecule has 0 spiro atoms. The monoisotopic (exact) mass is 161 g/mol. The summed E-state index contributed by atoms with van der Waals surface area (Å²) in [5, 5.41) is 0. The summed E-state index contributed by atoms with van der Waals surface area (Å²) in [5.74, 6) is 0. The van der Waals surface area contributed by atoms with E-state index in [1.807, 2.05) is 0 Å². The molecule has 0 bridgehead atoms. The van der Waals surface area contributed by atoms with Crippen molar-refractivity contribution >= 4 is 0 Å². The summed E-state index contributed by atoms with van der Waals surface area (Å²) in [7, 11) is 0. The fraction of sp³-hybridized carbons (Fsp3) is 0.545. The van der Waals surface area contributed by atoms with E-state index < -0.39 is 0 Å². The first-order valence-electron chi connectivity index (χ1n) is 4.79. The van der Waals surface area contributed by atoms with Crippen molar-refractivity contribution in [3.05, 3.63) is 28.6 Å². The second kappa shape index (κ2) is 2.89. The van der Waals surface area contributed by atoms with Crippen LogP contribution >= 0.6 is 0 Å². The molecule has 1 heteroatoms. The normalized spacial score (nSPS) is 14.8. The van der Waals surface area contributed by atoms with E-state index in [9.17, 15) is 0 Å². The SMILES string of the molecule is CCc1cc2c(nc1C)CCC2. The van der Waals surface area contributed by atoms with Gasteiger partial charge in [0, 0.05) is 11.4 Å². The van der Waals surface area contributed by atoms with E-state index in [1.165, 1.54) is 41.8 Å². The summed E-state index contributed by atoms with van der Waals surface area (Å²) in [5.41, 5.74) is 5.51. The molecule has 1 heterocycles. The molecule has 0 amide bonds. The Morgan fingerprint density at radius 2 is 2.25 bits per heavy atom. The lowest BCUT2D eigenvalue weighted by atomic mass is 10.1. The summed E-state index contributed by atoms with van der Waals surface area (Å²) in [4.78, 5) is 4.62. The Bertz CT molecular complexity index is 301. The molecule has 0 saturated heterocycles. The number of fused-ring (bicyclic) bond motifs is 1. The zero-order valence-corrected chi connectivity index (χ0v) is 7.85.